The second-order valence-electron chi connectivity index (χ2n) is 17.2. The van der Waals surface area contributed by atoms with Crippen LogP contribution in [-0.4, -0.2) is 137 Å². The van der Waals surface area contributed by atoms with Gasteiger partial charge >= 0.3 is 0 Å². The molecule has 17 heteroatoms. The first-order valence-corrected chi connectivity index (χ1v) is 33.0. The van der Waals surface area contributed by atoms with Gasteiger partial charge in [-0.1, -0.05) is 198 Å². The molecular weight excluding hydrogens is 1520 g/mol. The van der Waals surface area contributed by atoms with Crippen LogP contribution >= 0.6 is 113 Å². The van der Waals surface area contributed by atoms with Gasteiger partial charge in [-0.2, -0.15) is 0 Å². The largest absolute Gasteiger partial charge is 0.491 e. The summed E-state index contributed by atoms with van der Waals surface area (Å²) in [5, 5.41) is 0. The highest BCUT2D eigenvalue weighted by atomic mass is 127. The van der Waals surface area contributed by atoms with Gasteiger partial charge in [-0.15, -0.1) is 0 Å². The van der Waals surface area contributed by atoms with Crippen molar-refractivity contribution in [3.63, 3.8) is 0 Å². The van der Waals surface area contributed by atoms with Crippen LogP contribution in [0.25, 0.3) is 0 Å². The summed E-state index contributed by atoms with van der Waals surface area (Å²) in [5.41, 5.74) is 8.90. The van der Waals surface area contributed by atoms with E-state index >= 15 is 0 Å². The summed E-state index contributed by atoms with van der Waals surface area (Å²) < 4.78 is 78.5. The molecule has 0 saturated heterocycles. The molecule has 0 amide bonds. The van der Waals surface area contributed by atoms with Crippen molar-refractivity contribution in [3.05, 3.63) is 160 Å². The summed E-state index contributed by atoms with van der Waals surface area (Å²) in [6, 6.07) is 41.7. The van der Waals surface area contributed by atoms with Gasteiger partial charge in [0.2, 0.25) is 0 Å². The average Bonchev–Trinajstić information content (AvgIpc) is 3.46. The predicted octanol–water partition coefficient (Wildman–Crippen LogP) is 12.6. The molecule has 0 heterocycles. The lowest BCUT2D eigenvalue weighted by molar-refractivity contribution is -0.114. The standard InChI is InChI=1S/C58H73I5O12/c59-35-48-5-1-46(2-6-48)21-23-64-25-27-66-40-56(73-32-29-70-53-15-9-50(37-61)10-16-53)42-68-44-58(75-34-31-72-55-19-13-52(39-63)14-20-55)45-69-43-57(74-33-30-71-54-17-11-51(38-62)12-18-54)41-67-28-26-65-24-22-47-3-7-49(36-60)8-4-47/h1-20,56-58H,21-45H2. The van der Waals surface area contributed by atoms with E-state index in [1.165, 1.54) is 38.9 Å². The molecule has 0 radical (unpaired) electrons. The van der Waals surface area contributed by atoms with E-state index in [4.69, 9.17) is 56.8 Å². The molecule has 2 unspecified atom stereocenters. The molecule has 0 aromatic heterocycles. The molecule has 412 valence electrons. The Kier molecular flexibility index (Phi) is 36.0. The van der Waals surface area contributed by atoms with E-state index in [-0.39, 0.29) is 38.6 Å². The second-order valence-corrected chi connectivity index (χ2v) is 21.0. The predicted molar refractivity (Wildman–Crippen MR) is 339 cm³/mol. The Morgan fingerprint density at radius 1 is 0.240 bits per heavy atom. The van der Waals surface area contributed by atoms with Crippen molar-refractivity contribution in [2.24, 2.45) is 0 Å². The maximum Gasteiger partial charge on any atom is 0.119 e. The molecule has 12 nitrogen and oxygen atoms in total. The second kappa shape index (κ2) is 41.8. The summed E-state index contributed by atoms with van der Waals surface area (Å²) in [5.74, 6) is 2.39. The topological polar surface area (TPSA) is 111 Å². The van der Waals surface area contributed by atoms with Crippen molar-refractivity contribution in [2.75, 3.05) is 119 Å². The Morgan fingerprint density at radius 3 is 0.760 bits per heavy atom. The Bertz CT molecular complexity index is 2030. The zero-order valence-corrected chi connectivity index (χ0v) is 53.5. The quantitative estimate of drug-likeness (QED) is 0.0210. The number of ether oxygens (including phenoxy) is 12. The fourth-order valence-corrected chi connectivity index (χ4v) is 9.62. The Morgan fingerprint density at radius 2 is 0.480 bits per heavy atom. The summed E-state index contributed by atoms with van der Waals surface area (Å²) >= 11 is 11.8. The van der Waals surface area contributed by atoms with E-state index in [1.54, 1.807) is 0 Å². The smallest absolute Gasteiger partial charge is 0.119 e. The highest BCUT2D eigenvalue weighted by molar-refractivity contribution is 14.1. The molecule has 0 saturated carbocycles. The monoisotopic (exact) mass is 1600 g/mol. The van der Waals surface area contributed by atoms with Crippen LogP contribution in [0.3, 0.4) is 0 Å². The van der Waals surface area contributed by atoms with Crippen LogP contribution in [0.5, 0.6) is 17.2 Å². The number of hydrogen-bond donors (Lipinski definition) is 0. The molecule has 0 aliphatic heterocycles. The third-order valence-corrected chi connectivity index (χ3v) is 15.7. The van der Waals surface area contributed by atoms with Crippen LogP contribution in [0.4, 0.5) is 0 Å². The Labute approximate surface area is 514 Å². The summed E-state index contributed by atoms with van der Waals surface area (Å²) in [7, 11) is 0. The van der Waals surface area contributed by atoms with Crippen molar-refractivity contribution in [1.29, 1.82) is 0 Å². The minimum atomic E-state index is -0.418. The van der Waals surface area contributed by atoms with Crippen LogP contribution in [-0.2, 0) is 77.6 Å². The van der Waals surface area contributed by atoms with E-state index in [1.807, 2.05) is 36.4 Å². The molecule has 0 spiro atoms. The first-order chi connectivity index (χ1) is 37.0. The first-order valence-electron chi connectivity index (χ1n) is 25.4. The fraction of sp³-hybridized carbons (Fsp3) is 0.483. The van der Waals surface area contributed by atoms with Gasteiger partial charge in [0.05, 0.1) is 99.1 Å². The van der Waals surface area contributed by atoms with E-state index in [9.17, 15) is 0 Å². The Hall–Kier alpha value is -1.21. The summed E-state index contributed by atoms with van der Waals surface area (Å²) in [4.78, 5) is 0. The van der Waals surface area contributed by atoms with Crippen molar-refractivity contribution in [2.45, 2.75) is 53.3 Å². The average molecular weight is 1600 g/mol. The molecule has 0 aliphatic carbocycles. The van der Waals surface area contributed by atoms with E-state index in [2.05, 4.69) is 198 Å². The minimum absolute atomic E-state index is 0.248. The van der Waals surface area contributed by atoms with Gasteiger partial charge in [-0.25, -0.2) is 0 Å². The van der Waals surface area contributed by atoms with E-state index in [0.717, 1.165) is 52.2 Å². The van der Waals surface area contributed by atoms with Gasteiger partial charge in [0.25, 0.3) is 0 Å². The van der Waals surface area contributed by atoms with Crippen molar-refractivity contribution >= 4 is 113 Å². The minimum Gasteiger partial charge on any atom is -0.491 e. The molecule has 0 N–H and O–H groups in total. The molecule has 5 aromatic carbocycles. The van der Waals surface area contributed by atoms with Crippen molar-refractivity contribution < 1.29 is 56.8 Å². The van der Waals surface area contributed by atoms with Gasteiger partial charge in [-0.05, 0) is 88.2 Å². The zero-order chi connectivity index (χ0) is 52.8. The lowest BCUT2D eigenvalue weighted by Crippen LogP contribution is -2.34. The van der Waals surface area contributed by atoms with Gasteiger partial charge in [0.1, 0.15) is 55.4 Å². The van der Waals surface area contributed by atoms with Gasteiger partial charge in [0, 0.05) is 22.1 Å². The van der Waals surface area contributed by atoms with Crippen molar-refractivity contribution in [1.82, 2.24) is 0 Å². The van der Waals surface area contributed by atoms with Crippen molar-refractivity contribution in [3.8, 4) is 17.2 Å². The van der Waals surface area contributed by atoms with Gasteiger partial charge < -0.3 is 56.8 Å². The van der Waals surface area contributed by atoms with Crippen LogP contribution in [0, 0.1) is 0 Å². The van der Waals surface area contributed by atoms with Gasteiger partial charge in [-0.3, -0.25) is 0 Å². The number of benzene rings is 5. The molecule has 0 aliphatic rings. The molecule has 0 bridgehead atoms. The molecule has 5 rings (SSSR count). The number of halogens is 5. The number of rotatable bonds is 44. The number of alkyl halides is 5. The van der Waals surface area contributed by atoms with Crippen LogP contribution < -0.4 is 14.2 Å². The third kappa shape index (κ3) is 29.2. The maximum absolute atomic E-state index is 6.36. The lowest BCUT2D eigenvalue weighted by atomic mass is 10.1. The maximum atomic E-state index is 6.36. The van der Waals surface area contributed by atoms with E-state index < -0.39 is 6.10 Å². The third-order valence-electron chi connectivity index (χ3n) is 11.3. The highest BCUT2D eigenvalue weighted by Crippen LogP contribution is 2.18. The molecule has 0 fully saturated rings. The molecule has 2 atom stereocenters. The Balaban J connectivity index is 1.12. The number of hydrogen-bond acceptors (Lipinski definition) is 12. The molecule has 75 heavy (non-hydrogen) atoms. The van der Waals surface area contributed by atoms with Gasteiger partial charge in [0.15, 0.2) is 0 Å². The zero-order valence-electron chi connectivity index (χ0n) is 42.7. The SMILES string of the molecule is ICc1ccc(CCOCCOCC(COCC(COCC(COCCOCCc2ccc(CI)cc2)OCCOc2ccc(CI)cc2)OCCOc2ccc(CI)cc2)OCCOc2ccc(CI)cc2)cc1. The van der Waals surface area contributed by atoms with E-state index in [0.29, 0.717) is 92.5 Å². The fourth-order valence-electron chi connectivity index (χ4n) is 7.08. The normalized spacial score (nSPS) is 12.7. The first kappa shape index (κ1) is 64.6. The highest BCUT2D eigenvalue weighted by Gasteiger charge is 2.18. The molecular formula is C58H73I5O12. The lowest BCUT2D eigenvalue weighted by Gasteiger charge is -2.23. The van der Waals surface area contributed by atoms with Crippen LogP contribution in [0.2, 0.25) is 0 Å². The summed E-state index contributed by atoms with van der Waals surface area (Å²) in [6.07, 6.45) is 0.558. The van der Waals surface area contributed by atoms with Crippen LogP contribution in [0.1, 0.15) is 38.9 Å². The summed E-state index contributed by atoms with van der Waals surface area (Å²) in [6.45, 7) is 6.91. The van der Waals surface area contributed by atoms with Crippen LogP contribution in [0.15, 0.2) is 121 Å². The molecule has 5 aromatic rings.